The Morgan fingerprint density at radius 3 is 2.94 bits per heavy atom. The van der Waals surface area contributed by atoms with Gasteiger partial charge in [-0.2, -0.15) is 17.0 Å². The molecule has 0 aromatic heterocycles. The van der Waals surface area contributed by atoms with E-state index in [9.17, 15) is 4.79 Å². The van der Waals surface area contributed by atoms with Gasteiger partial charge in [0.15, 0.2) is 0 Å². The molecule has 0 radical (unpaired) electrons. The smallest absolute Gasteiger partial charge is 0.234 e. The molecule has 0 spiro atoms. The molecule has 90 valence electrons. The van der Waals surface area contributed by atoms with Crippen LogP contribution in [0.2, 0.25) is 0 Å². The maximum atomic E-state index is 11.5. The summed E-state index contributed by atoms with van der Waals surface area (Å²) in [4.78, 5) is 11.5. The van der Waals surface area contributed by atoms with Gasteiger partial charge in [0, 0.05) is 6.61 Å². The van der Waals surface area contributed by atoms with Crippen LogP contribution in [0.5, 0.6) is 0 Å². The van der Waals surface area contributed by atoms with E-state index in [1.54, 1.807) is 24.3 Å². The maximum Gasteiger partial charge on any atom is 0.234 e. The van der Waals surface area contributed by atoms with Gasteiger partial charge in [-0.05, 0) is 24.3 Å². The van der Waals surface area contributed by atoms with Crippen LogP contribution in [0.3, 0.4) is 0 Å². The number of nitrogens with one attached hydrogen (secondary N) is 1. The number of carbonyl (C=O) groups is 1. The molecule has 0 fully saturated rings. The first-order chi connectivity index (χ1) is 8.27. The van der Waals surface area contributed by atoms with Crippen molar-refractivity contribution in [3.63, 3.8) is 0 Å². The molecule has 2 N–H and O–H groups in total. The van der Waals surface area contributed by atoms with Gasteiger partial charge >= 0.3 is 0 Å². The number of nitriles is 1. The number of benzene rings is 1. The summed E-state index contributed by atoms with van der Waals surface area (Å²) in [6.07, 6.45) is 0.687. The largest absolute Gasteiger partial charge is 0.396 e. The van der Waals surface area contributed by atoms with Gasteiger partial charge in [-0.25, -0.2) is 0 Å². The Kier molecular flexibility index (Phi) is 6.15. The Labute approximate surface area is 105 Å². The van der Waals surface area contributed by atoms with E-state index >= 15 is 0 Å². The number of nitrogens with zero attached hydrogens (tertiary/aromatic N) is 1. The van der Waals surface area contributed by atoms with Crippen molar-refractivity contribution in [2.24, 2.45) is 0 Å². The molecule has 1 aromatic carbocycles. The molecule has 4 nitrogen and oxygen atoms in total. The number of amides is 1. The first-order valence-electron chi connectivity index (χ1n) is 5.25. The highest BCUT2D eigenvalue weighted by molar-refractivity contribution is 7.99. The second-order valence-electron chi connectivity index (χ2n) is 3.34. The van der Waals surface area contributed by atoms with E-state index in [4.69, 9.17) is 10.4 Å². The molecule has 0 aliphatic carbocycles. The van der Waals surface area contributed by atoms with E-state index in [2.05, 4.69) is 5.32 Å². The number of hydrogen-bond donors (Lipinski definition) is 2. The monoisotopic (exact) mass is 250 g/mol. The van der Waals surface area contributed by atoms with Crippen molar-refractivity contribution in [2.75, 3.05) is 23.4 Å². The standard InChI is InChI=1S/C12H14N2O2S/c13-8-10-4-1-2-5-11(10)14-12(16)9-17-7-3-6-15/h1-2,4-5,15H,3,6-7,9H2,(H,14,16). The third-order valence-corrected chi connectivity index (χ3v) is 3.05. The van der Waals surface area contributed by atoms with Gasteiger partial charge in [-0.1, -0.05) is 12.1 Å². The number of hydrogen-bond acceptors (Lipinski definition) is 4. The van der Waals surface area contributed by atoms with E-state index in [1.807, 2.05) is 6.07 Å². The molecule has 0 aliphatic rings. The molecule has 0 saturated heterocycles. The average Bonchev–Trinajstić information content (AvgIpc) is 2.35. The Balaban J connectivity index is 2.43. The van der Waals surface area contributed by atoms with Crippen LogP contribution in [0, 0.1) is 11.3 Å². The first kappa shape index (κ1) is 13.6. The van der Waals surface area contributed by atoms with Crippen LogP contribution in [0.15, 0.2) is 24.3 Å². The second kappa shape index (κ2) is 7.71. The first-order valence-corrected chi connectivity index (χ1v) is 6.41. The van der Waals surface area contributed by atoms with Crippen LogP contribution < -0.4 is 5.32 Å². The topological polar surface area (TPSA) is 73.1 Å². The fraction of sp³-hybridized carbons (Fsp3) is 0.333. The summed E-state index contributed by atoms with van der Waals surface area (Å²) in [7, 11) is 0. The summed E-state index contributed by atoms with van der Waals surface area (Å²) < 4.78 is 0. The van der Waals surface area contributed by atoms with Crippen molar-refractivity contribution in [3.05, 3.63) is 29.8 Å². The highest BCUT2D eigenvalue weighted by Gasteiger charge is 2.05. The average molecular weight is 250 g/mol. The Bertz CT molecular complexity index is 415. The molecule has 5 heteroatoms. The lowest BCUT2D eigenvalue weighted by molar-refractivity contribution is -0.113. The number of anilines is 1. The molecular weight excluding hydrogens is 236 g/mol. The lowest BCUT2D eigenvalue weighted by atomic mass is 10.2. The third kappa shape index (κ3) is 4.89. The lowest BCUT2D eigenvalue weighted by Gasteiger charge is -2.06. The van der Waals surface area contributed by atoms with Crippen molar-refractivity contribution in [1.82, 2.24) is 0 Å². The van der Waals surface area contributed by atoms with Crippen molar-refractivity contribution in [2.45, 2.75) is 6.42 Å². The zero-order chi connectivity index (χ0) is 12.5. The minimum Gasteiger partial charge on any atom is -0.396 e. The Hall–Kier alpha value is -1.51. The number of aliphatic hydroxyl groups excluding tert-OH is 1. The summed E-state index contributed by atoms with van der Waals surface area (Å²) in [6.45, 7) is 0.145. The predicted molar refractivity (Wildman–Crippen MR) is 68.8 cm³/mol. The quantitative estimate of drug-likeness (QED) is 0.752. The summed E-state index contributed by atoms with van der Waals surface area (Å²) in [5.74, 6) is 0.958. The minimum absolute atomic E-state index is 0.129. The molecule has 0 aliphatic heterocycles. The van der Waals surface area contributed by atoms with Gasteiger partial charge in [0.2, 0.25) is 5.91 Å². The second-order valence-corrected chi connectivity index (χ2v) is 4.44. The van der Waals surface area contributed by atoms with E-state index in [0.29, 0.717) is 23.4 Å². The molecule has 0 bridgehead atoms. The van der Waals surface area contributed by atoms with Gasteiger partial charge < -0.3 is 10.4 Å². The Morgan fingerprint density at radius 1 is 1.47 bits per heavy atom. The van der Waals surface area contributed by atoms with Gasteiger partial charge in [0.25, 0.3) is 0 Å². The van der Waals surface area contributed by atoms with Crippen molar-refractivity contribution in [1.29, 1.82) is 5.26 Å². The van der Waals surface area contributed by atoms with Crippen molar-refractivity contribution >= 4 is 23.4 Å². The fourth-order valence-electron chi connectivity index (χ4n) is 1.21. The van der Waals surface area contributed by atoms with Crippen molar-refractivity contribution in [3.8, 4) is 6.07 Å². The van der Waals surface area contributed by atoms with Crippen molar-refractivity contribution < 1.29 is 9.90 Å². The zero-order valence-corrected chi connectivity index (χ0v) is 10.2. The minimum atomic E-state index is -0.129. The van der Waals surface area contributed by atoms with E-state index < -0.39 is 0 Å². The van der Waals surface area contributed by atoms with Crippen LogP contribution in [0.25, 0.3) is 0 Å². The Morgan fingerprint density at radius 2 is 2.24 bits per heavy atom. The summed E-state index contributed by atoms with van der Waals surface area (Å²) in [5, 5.41) is 20.1. The van der Waals surface area contributed by atoms with Gasteiger partial charge in [-0.15, -0.1) is 0 Å². The van der Waals surface area contributed by atoms with Gasteiger partial charge in [0.05, 0.1) is 17.0 Å². The number of para-hydroxylation sites is 1. The molecule has 1 aromatic rings. The zero-order valence-electron chi connectivity index (χ0n) is 9.35. The molecule has 0 saturated carbocycles. The molecule has 17 heavy (non-hydrogen) atoms. The van der Waals surface area contributed by atoms with E-state index in [-0.39, 0.29) is 12.5 Å². The van der Waals surface area contributed by atoms with Crippen LogP contribution in [-0.4, -0.2) is 29.1 Å². The van der Waals surface area contributed by atoms with Gasteiger partial charge in [0.1, 0.15) is 6.07 Å². The molecule has 0 heterocycles. The third-order valence-electron chi connectivity index (χ3n) is 2.00. The molecule has 1 rings (SSSR count). The highest BCUT2D eigenvalue weighted by Crippen LogP contribution is 2.14. The molecule has 0 unspecified atom stereocenters. The lowest BCUT2D eigenvalue weighted by Crippen LogP contribution is -2.15. The number of rotatable bonds is 6. The number of thioether (sulfide) groups is 1. The van der Waals surface area contributed by atoms with E-state index in [0.717, 1.165) is 5.75 Å². The number of carbonyl (C=O) groups excluding carboxylic acids is 1. The molecule has 0 atom stereocenters. The summed E-state index contributed by atoms with van der Waals surface area (Å²) in [5.41, 5.74) is 1.00. The summed E-state index contributed by atoms with van der Waals surface area (Å²) in [6, 6.07) is 8.91. The predicted octanol–water partition coefficient (Wildman–Crippen LogP) is 1.61. The van der Waals surface area contributed by atoms with Crippen LogP contribution in [-0.2, 0) is 4.79 Å². The van der Waals surface area contributed by atoms with E-state index in [1.165, 1.54) is 11.8 Å². The molecular formula is C12H14N2O2S. The summed E-state index contributed by atoms with van der Waals surface area (Å²) >= 11 is 1.46. The fourth-order valence-corrected chi connectivity index (χ4v) is 1.94. The normalized spacial score (nSPS) is 9.65. The maximum absolute atomic E-state index is 11.5. The van der Waals surface area contributed by atoms with Crippen LogP contribution in [0.4, 0.5) is 5.69 Å². The SMILES string of the molecule is N#Cc1ccccc1NC(=O)CSCCCO. The molecule has 1 amide bonds. The van der Waals surface area contributed by atoms with Crippen LogP contribution in [0.1, 0.15) is 12.0 Å². The number of aliphatic hydroxyl groups is 1. The van der Waals surface area contributed by atoms with Crippen LogP contribution >= 0.6 is 11.8 Å². The highest BCUT2D eigenvalue weighted by atomic mass is 32.2. The van der Waals surface area contributed by atoms with Gasteiger partial charge in [-0.3, -0.25) is 4.79 Å².